The van der Waals surface area contributed by atoms with Gasteiger partial charge < -0.3 is 0 Å². The highest BCUT2D eigenvalue weighted by Gasteiger charge is 2.19. The average molecular weight is 323 g/mol. The maximum atomic E-state index is 14.0. The molecule has 100 valence electrons. The van der Waals surface area contributed by atoms with Crippen LogP contribution in [0, 0.1) is 19.7 Å². The van der Waals surface area contributed by atoms with E-state index in [0.717, 1.165) is 16.7 Å². The first kappa shape index (κ1) is 14.2. The summed E-state index contributed by atoms with van der Waals surface area (Å²) in [5.74, 6) is 5.36. The van der Waals surface area contributed by atoms with Crippen molar-refractivity contribution in [2.45, 2.75) is 19.9 Å². The first-order valence-corrected chi connectivity index (χ1v) is 6.80. The topological polar surface area (TPSA) is 38.0 Å². The van der Waals surface area contributed by atoms with Gasteiger partial charge in [0.05, 0.1) is 6.04 Å². The number of benzene rings is 2. The summed E-state index contributed by atoms with van der Waals surface area (Å²) < 4.78 is 14.8. The van der Waals surface area contributed by atoms with Crippen molar-refractivity contribution in [3.63, 3.8) is 0 Å². The summed E-state index contributed by atoms with van der Waals surface area (Å²) in [5.41, 5.74) is 6.43. The second kappa shape index (κ2) is 5.82. The summed E-state index contributed by atoms with van der Waals surface area (Å²) in [6.07, 6.45) is 0. The smallest absolute Gasteiger partial charge is 0.129 e. The fourth-order valence-corrected chi connectivity index (χ4v) is 2.88. The summed E-state index contributed by atoms with van der Waals surface area (Å²) in [4.78, 5) is 0. The van der Waals surface area contributed by atoms with E-state index in [1.165, 1.54) is 6.07 Å². The van der Waals surface area contributed by atoms with E-state index in [0.29, 0.717) is 10.0 Å². The number of rotatable bonds is 3. The van der Waals surface area contributed by atoms with Crippen LogP contribution in [-0.4, -0.2) is 0 Å². The lowest BCUT2D eigenvalue weighted by Crippen LogP contribution is -2.30. The van der Waals surface area contributed by atoms with Crippen LogP contribution in [-0.2, 0) is 0 Å². The van der Waals surface area contributed by atoms with Crippen LogP contribution in [0.1, 0.15) is 28.3 Å². The van der Waals surface area contributed by atoms with Crippen molar-refractivity contribution < 1.29 is 4.39 Å². The highest BCUT2D eigenvalue weighted by atomic mass is 79.9. The number of nitrogens with two attached hydrogens (primary N) is 1. The van der Waals surface area contributed by atoms with E-state index in [-0.39, 0.29) is 11.9 Å². The van der Waals surface area contributed by atoms with Crippen LogP contribution >= 0.6 is 15.9 Å². The summed E-state index contributed by atoms with van der Waals surface area (Å²) in [6, 6.07) is 10.6. The van der Waals surface area contributed by atoms with Gasteiger partial charge in [0.2, 0.25) is 0 Å². The molecule has 1 unspecified atom stereocenters. The Bertz CT molecular complexity index is 558. The third-order valence-electron chi connectivity index (χ3n) is 3.03. The lowest BCUT2D eigenvalue weighted by molar-refractivity contribution is 0.557. The van der Waals surface area contributed by atoms with E-state index in [2.05, 4.69) is 27.4 Å². The number of hydrogen-bond acceptors (Lipinski definition) is 2. The molecule has 0 aromatic heterocycles. The summed E-state index contributed by atoms with van der Waals surface area (Å²) in [5, 5.41) is 0. The Morgan fingerprint density at radius 1 is 1.16 bits per heavy atom. The van der Waals surface area contributed by atoms with E-state index in [1.807, 2.05) is 32.0 Å². The van der Waals surface area contributed by atoms with Gasteiger partial charge in [0.15, 0.2) is 0 Å². The molecule has 2 aromatic rings. The summed E-state index contributed by atoms with van der Waals surface area (Å²) in [6.45, 7) is 4.03. The zero-order chi connectivity index (χ0) is 14.0. The third kappa shape index (κ3) is 3.03. The SMILES string of the molecule is Cc1cc(C)cc(C(NN)c2c(F)cccc2Br)c1. The zero-order valence-electron chi connectivity index (χ0n) is 10.9. The minimum Gasteiger partial charge on any atom is -0.271 e. The van der Waals surface area contributed by atoms with Crippen LogP contribution in [0.3, 0.4) is 0 Å². The molecule has 2 nitrogen and oxygen atoms in total. The fourth-order valence-electron chi connectivity index (χ4n) is 2.31. The fraction of sp³-hybridized carbons (Fsp3) is 0.200. The molecule has 0 aliphatic carbocycles. The molecule has 0 spiro atoms. The van der Waals surface area contributed by atoms with E-state index in [1.54, 1.807) is 6.07 Å². The maximum Gasteiger partial charge on any atom is 0.129 e. The molecular formula is C15H16BrFN2. The van der Waals surface area contributed by atoms with Gasteiger partial charge in [-0.15, -0.1) is 0 Å². The highest BCUT2D eigenvalue weighted by Crippen LogP contribution is 2.31. The Balaban J connectivity index is 2.56. The van der Waals surface area contributed by atoms with Gasteiger partial charge in [-0.3, -0.25) is 5.84 Å². The van der Waals surface area contributed by atoms with Crippen molar-refractivity contribution in [3.8, 4) is 0 Å². The maximum absolute atomic E-state index is 14.0. The minimum absolute atomic E-state index is 0.281. The number of halogens is 2. The Morgan fingerprint density at radius 3 is 2.32 bits per heavy atom. The molecule has 3 N–H and O–H groups in total. The second-order valence-electron chi connectivity index (χ2n) is 4.66. The first-order valence-electron chi connectivity index (χ1n) is 6.01. The monoisotopic (exact) mass is 322 g/mol. The summed E-state index contributed by atoms with van der Waals surface area (Å²) in [7, 11) is 0. The Kier molecular flexibility index (Phi) is 4.34. The predicted octanol–water partition coefficient (Wildman–Crippen LogP) is 3.76. The molecule has 0 heterocycles. The van der Waals surface area contributed by atoms with Crippen molar-refractivity contribution in [2.75, 3.05) is 0 Å². The number of aryl methyl sites for hydroxylation is 2. The van der Waals surface area contributed by atoms with Crippen LogP contribution in [0.25, 0.3) is 0 Å². The molecule has 0 aliphatic heterocycles. The average Bonchev–Trinajstić information content (AvgIpc) is 2.32. The molecule has 0 amide bonds. The molecule has 2 aromatic carbocycles. The normalized spacial score (nSPS) is 12.5. The summed E-state index contributed by atoms with van der Waals surface area (Å²) >= 11 is 3.39. The van der Waals surface area contributed by atoms with Gasteiger partial charge in [-0.25, -0.2) is 9.82 Å². The molecule has 2 rings (SSSR count). The molecule has 0 saturated heterocycles. The minimum atomic E-state index is -0.380. The Hall–Kier alpha value is -1.23. The Morgan fingerprint density at radius 2 is 1.79 bits per heavy atom. The largest absolute Gasteiger partial charge is 0.271 e. The lowest BCUT2D eigenvalue weighted by atomic mass is 9.96. The quantitative estimate of drug-likeness (QED) is 0.667. The van der Waals surface area contributed by atoms with Gasteiger partial charge in [0.1, 0.15) is 5.82 Å². The number of nitrogens with one attached hydrogen (secondary N) is 1. The van der Waals surface area contributed by atoms with E-state index in [4.69, 9.17) is 5.84 Å². The van der Waals surface area contributed by atoms with Crippen LogP contribution in [0.2, 0.25) is 0 Å². The van der Waals surface area contributed by atoms with Gasteiger partial charge in [-0.1, -0.05) is 51.3 Å². The van der Waals surface area contributed by atoms with E-state index >= 15 is 0 Å². The van der Waals surface area contributed by atoms with Crippen LogP contribution in [0.15, 0.2) is 40.9 Å². The molecule has 4 heteroatoms. The molecule has 0 bridgehead atoms. The van der Waals surface area contributed by atoms with Crippen molar-refractivity contribution in [1.82, 2.24) is 5.43 Å². The van der Waals surface area contributed by atoms with Crippen molar-refractivity contribution in [3.05, 3.63) is 68.9 Å². The lowest BCUT2D eigenvalue weighted by Gasteiger charge is -2.20. The van der Waals surface area contributed by atoms with Gasteiger partial charge in [0.25, 0.3) is 0 Å². The molecule has 0 fully saturated rings. The van der Waals surface area contributed by atoms with Crippen molar-refractivity contribution >= 4 is 15.9 Å². The van der Waals surface area contributed by atoms with Crippen LogP contribution < -0.4 is 11.3 Å². The third-order valence-corrected chi connectivity index (χ3v) is 3.72. The van der Waals surface area contributed by atoms with Gasteiger partial charge in [0, 0.05) is 10.0 Å². The highest BCUT2D eigenvalue weighted by molar-refractivity contribution is 9.10. The zero-order valence-corrected chi connectivity index (χ0v) is 12.5. The van der Waals surface area contributed by atoms with Gasteiger partial charge in [-0.05, 0) is 31.5 Å². The van der Waals surface area contributed by atoms with Crippen molar-refractivity contribution in [2.24, 2.45) is 5.84 Å². The Labute approximate surface area is 120 Å². The van der Waals surface area contributed by atoms with Gasteiger partial charge >= 0.3 is 0 Å². The van der Waals surface area contributed by atoms with Crippen LogP contribution in [0.4, 0.5) is 4.39 Å². The molecule has 1 atom stereocenters. The molecule has 0 radical (unpaired) electrons. The molecule has 0 aliphatic rings. The standard InChI is InChI=1S/C15H16BrFN2/c1-9-6-10(2)8-11(7-9)15(19-18)14-12(16)4-3-5-13(14)17/h3-8,15,19H,18H2,1-2H3. The predicted molar refractivity (Wildman–Crippen MR) is 79.2 cm³/mol. The van der Waals surface area contributed by atoms with E-state index in [9.17, 15) is 4.39 Å². The van der Waals surface area contributed by atoms with Crippen molar-refractivity contribution in [1.29, 1.82) is 0 Å². The molecule has 0 saturated carbocycles. The molecule has 19 heavy (non-hydrogen) atoms. The number of hydrogen-bond donors (Lipinski definition) is 2. The first-order chi connectivity index (χ1) is 9.02. The van der Waals surface area contributed by atoms with E-state index < -0.39 is 0 Å². The van der Waals surface area contributed by atoms with Gasteiger partial charge in [-0.2, -0.15) is 0 Å². The second-order valence-corrected chi connectivity index (χ2v) is 5.51. The van der Waals surface area contributed by atoms with Crippen LogP contribution in [0.5, 0.6) is 0 Å². The number of hydrazine groups is 1. The molecular weight excluding hydrogens is 307 g/mol.